The maximum absolute atomic E-state index is 10.3. The van der Waals surface area contributed by atoms with E-state index < -0.39 is 5.97 Å². The molecule has 92 valence electrons. The van der Waals surface area contributed by atoms with Gasteiger partial charge in [0.25, 0.3) is 0 Å². The van der Waals surface area contributed by atoms with Gasteiger partial charge in [0.15, 0.2) is 0 Å². The van der Waals surface area contributed by atoms with Crippen LogP contribution in [0.5, 0.6) is 0 Å². The van der Waals surface area contributed by atoms with Crippen LogP contribution in [0.4, 0.5) is 0 Å². The second kappa shape index (κ2) is 15.4. The van der Waals surface area contributed by atoms with E-state index in [0.717, 1.165) is 5.92 Å². The third-order valence-electron chi connectivity index (χ3n) is 0.709. The van der Waals surface area contributed by atoms with Crippen molar-refractivity contribution < 1.29 is 14.3 Å². The lowest BCUT2D eigenvalue weighted by atomic mass is 10.3. The van der Waals surface area contributed by atoms with Gasteiger partial charge in [-0.2, -0.15) is 0 Å². The summed E-state index contributed by atoms with van der Waals surface area (Å²) in [5.74, 6) is 0.158. The summed E-state index contributed by atoms with van der Waals surface area (Å²) in [7, 11) is 1.27. The fraction of sp³-hybridized carbons (Fsp3) is 0.818. The average Bonchev–Trinajstić information content (AvgIpc) is 2.16. The Bertz CT molecular complexity index is 153. The summed E-state index contributed by atoms with van der Waals surface area (Å²) in [6.07, 6.45) is 0. The molecule has 0 aliphatic rings. The molecule has 0 fully saturated rings. The van der Waals surface area contributed by atoms with Crippen LogP contribution < -0.4 is 5.32 Å². The van der Waals surface area contributed by atoms with Crippen molar-refractivity contribution >= 4 is 11.9 Å². The van der Waals surface area contributed by atoms with Crippen molar-refractivity contribution in [2.45, 2.75) is 41.5 Å². The zero-order valence-electron chi connectivity index (χ0n) is 11.0. The number of amides is 1. The Labute approximate surface area is 93.4 Å². The van der Waals surface area contributed by atoms with Crippen LogP contribution in [0.3, 0.4) is 0 Å². The standard InChI is InChI=1S/C5H9NO3.C4H10.C2H6/c1-4(7)6-3-5(8)9-2;1-4(2)3;1-2/h3H2,1-2H3,(H,6,7);4H,1-3H3;1-2H3. The second-order valence-corrected chi connectivity index (χ2v) is 3.22. The van der Waals surface area contributed by atoms with Crippen molar-refractivity contribution in [2.75, 3.05) is 13.7 Å². The molecule has 0 saturated carbocycles. The van der Waals surface area contributed by atoms with Crippen LogP contribution in [-0.4, -0.2) is 25.5 Å². The lowest BCUT2D eigenvalue weighted by molar-refractivity contribution is -0.140. The summed E-state index contributed by atoms with van der Waals surface area (Å²) < 4.78 is 4.25. The van der Waals surface area contributed by atoms with Crippen LogP contribution in [0.2, 0.25) is 0 Å². The molecule has 15 heavy (non-hydrogen) atoms. The number of hydrogen-bond donors (Lipinski definition) is 1. The van der Waals surface area contributed by atoms with Crippen LogP contribution in [0.15, 0.2) is 0 Å². The quantitative estimate of drug-likeness (QED) is 0.722. The third kappa shape index (κ3) is 43.9. The van der Waals surface area contributed by atoms with Crippen molar-refractivity contribution in [2.24, 2.45) is 5.92 Å². The number of esters is 1. The van der Waals surface area contributed by atoms with Gasteiger partial charge in [-0.15, -0.1) is 0 Å². The molecule has 0 aromatic carbocycles. The highest BCUT2D eigenvalue weighted by molar-refractivity contribution is 5.80. The van der Waals surface area contributed by atoms with Crippen LogP contribution in [-0.2, 0) is 14.3 Å². The predicted molar refractivity (Wildman–Crippen MR) is 62.6 cm³/mol. The molecule has 0 saturated heterocycles. The number of ether oxygens (including phenoxy) is 1. The first-order chi connectivity index (χ1) is 6.90. The first kappa shape index (κ1) is 19.5. The first-order valence-electron chi connectivity index (χ1n) is 5.21. The summed E-state index contributed by atoms with van der Waals surface area (Å²) in [6.45, 7) is 11.8. The Hall–Kier alpha value is -1.06. The molecule has 0 aromatic rings. The van der Waals surface area contributed by atoms with Gasteiger partial charge in [0.1, 0.15) is 6.54 Å². The summed E-state index contributed by atoms with van der Waals surface area (Å²) in [5, 5.41) is 2.28. The molecule has 0 spiro atoms. The number of nitrogens with one attached hydrogen (secondary N) is 1. The number of rotatable bonds is 2. The zero-order valence-corrected chi connectivity index (χ0v) is 11.0. The monoisotopic (exact) mass is 219 g/mol. The van der Waals surface area contributed by atoms with Gasteiger partial charge in [0.05, 0.1) is 7.11 Å². The van der Waals surface area contributed by atoms with Crippen LogP contribution in [0.25, 0.3) is 0 Å². The Balaban J connectivity index is -0.000000202. The van der Waals surface area contributed by atoms with Gasteiger partial charge in [0, 0.05) is 6.92 Å². The molecular formula is C11H25NO3. The smallest absolute Gasteiger partial charge is 0.325 e. The minimum absolute atomic E-state index is 0.0498. The largest absolute Gasteiger partial charge is 0.468 e. The molecule has 0 aliphatic heterocycles. The molecule has 1 N–H and O–H groups in total. The van der Waals surface area contributed by atoms with Crippen LogP contribution >= 0.6 is 0 Å². The highest BCUT2D eigenvalue weighted by Gasteiger charge is 1.98. The van der Waals surface area contributed by atoms with Gasteiger partial charge in [0.2, 0.25) is 5.91 Å². The normalized spacial score (nSPS) is 7.73. The molecular weight excluding hydrogens is 194 g/mol. The minimum atomic E-state index is -0.440. The zero-order chi connectivity index (χ0) is 12.9. The second-order valence-electron chi connectivity index (χ2n) is 3.22. The molecule has 0 radical (unpaired) electrons. The van der Waals surface area contributed by atoms with E-state index in [9.17, 15) is 9.59 Å². The Morgan fingerprint density at radius 2 is 1.53 bits per heavy atom. The van der Waals surface area contributed by atoms with Gasteiger partial charge in [-0.1, -0.05) is 34.6 Å². The molecule has 0 aliphatic carbocycles. The minimum Gasteiger partial charge on any atom is -0.468 e. The number of carbonyl (C=O) groups is 2. The summed E-state index contributed by atoms with van der Waals surface area (Å²) >= 11 is 0. The van der Waals surface area contributed by atoms with Crippen molar-refractivity contribution in [1.82, 2.24) is 5.32 Å². The van der Waals surface area contributed by atoms with E-state index >= 15 is 0 Å². The molecule has 0 unspecified atom stereocenters. The fourth-order valence-corrected chi connectivity index (χ4v) is 0.269. The van der Waals surface area contributed by atoms with Crippen molar-refractivity contribution in [3.8, 4) is 0 Å². The maximum Gasteiger partial charge on any atom is 0.325 e. The molecule has 0 atom stereocenters. The summed E-state index contributed by atoms with van der Waals surface area (Å²) in [4.78, 5) is 20.4. The molecule has 4 nitrogen and oxygen atoms in total. The van der Waals surface area contributed by atoms with Crippen LogP contribution in [0.1, 0.15) is 41.5 Å². The average molecular weight is 219 g/mol. The number of hydrogen-bond acceptors (Lipinski definition) is 3. The topological polar surface area (TPSA) is 55.4 Å². The van der Waals surface area contributed by atoms with Gasteiger partial charge in [-0.3, -0.25) is 9.59 Å². The van der Waals surface area contributed by atoms with Crippen molar-refractivity contribution in [1.29, 1.82) is 0 Å². The lowest BCUT2D eigenvalue weighted by Gasteiger charge is -1.97. The van der Waals surface area contributed by atoms with Gasteiger partial charge < -0.3 is 10.1 Å². The molecule has 0 bridgehead atoms. The van der Waals surface area contributed by atoms with E-state index in [-0.39, 0.29) is 12.5 Å². The van der Waals surface area contributed by atoms with Gasteiger partial charge in [-0.25, -0.2) is 0 Å². The highest BCUT2D eigenvalue weighted by Crippen LogP contribution is 1.81. The third-order valence-corrected chi connectivity index (χ3v) is 0.709. The predicted octanol–water partition coefficient (Wildman–Crippen LogP) is 1.98. The molecule has 1 amide bonds. The Morgan fingerprint density at radius 1 is 1.20 bits per heavy atom. The fourth-order valence-electron chi connectivity index (χ4n) is 0.269. The van der Waals surface area contributed by atoms with E-state index in [1.807, 2.05) is 13.8 Å². The van der Waals surface area contributed by atoms with E-state index in [2.05, 4.69) is 30.8 Å². The van der Waals surface area contributed by atoms with E-state index in [4.69, 9.17) is 0 Å². The highest BCUT2D eigenvalue weighted by atomic mass is 16.5. The van der Waals surface area contributed by atoms with Crippen molar-refractivity contribution in [3.05, 3.63) is 0 Å². The first-order valence-corrected chi connectivity index (χ1v) is 5.21. The molecule has 0 rings (SSSR count). The van der Waals surface area contributed by atoms with E-state index in [0.29, 0.717) is 0 Å². The SMILES string of the molecule is CC.CC(C)C.COC(=O)CNC(C)=O. The number of methoxy groups -OCH3 is 1. The lowest BCUT2D eigenvalue weighted by Crippen LogP contribution is -2.27. The van der Waals surface area contributed by atoms with Crippen molar-refractivity contribution in [3.63, 3.8) is 0 Å². The molecule has 0 aromatic heterocycles. The Kier molecular flexibility index (Phi) is 20.0. The van der Waals surface area contributed by atoms with Gasteiger partial charge in [-0.05, 0) is 5.92 Å². The van der Waals surface area contributed by atoms with Gasteiger partial charge >= 0.3 is 5.97 Å². The Morgan fingerprint density at radius 3 is 1.73 bits per heavy atom. The molecule has 4 heteroatoms. The molecule has 0 heterocycles. The summed E-state index contributed by atoms with van der Waals surface area (Å²) in [5.41, 5.74) is 0. The maximum atomic E-state index is 10.3. The van der Waals surface area contributed by atoms with E-state index in [1.165, 1.54) is 14.0 Å². The number of carbonyl (C=O) groups excluding carboxylic acids is 2. The summed E-state index contributed by atoms with van der Waals surface area (Å²) in [6, 6.07) is 0. The van der Waals surface area contributed by atoms with E-state index in [1.54, 1.807) is 0 Å². The van der Waals surface area contributed by atoms with Crippen LogP contribution in [0, 0.1) is 5.92 Å².